The molecule has 18 heavy (non-hydrogen) atoms. The number of nitrogens with zero attached hydrogens (tertiary/aromatic N) is 1. The van der Waals surface area contributed by atoms with Gasteiger partial charge >= 0.3 is 0 Å². The molecule has 0 saturated carbocycles. The van der Waals surface area contributed by atoms with E-state index in [0.29, 0.717) is 6.54 Å². The van der Waals surface area contributed by atoms with Crippen molar-refractivity contribution in [3.05, 3.63) is 29.8 Å². The number of benzene rings is 1. The number of hydrogen-bond acceptors (Lipinski definition) is 3. The number of fused-ring (bicyclic) bond motifs is 4. The molecule has 2 heterocycles. The molecule has 2 aliphatic heterocycles. The lowest BCUT2D eigenvalue weighted by Gasteiger charge is -2.37. The third kappa shape index (κ3) is 1.97. The molecule has 1 aromatic rings. The van der Waals surface area contributed by atoms with Gasteiger partial charge in [0.15, 0.2) is 0 Å². The highest BCUT2D eigenvalue weighted by atomic mass is 16.5. The van der Waals surface area contributed by atoms with E-state index >= 15 is 0 Å². The molecule has 1 saturated heterocycles. The lowest BCUT2D eigenvalue weighted by Crippen LogP contribution is -2.42. The Kier molecular flexibility index (Phi) is 2.96. The van der Waals surface area contributed by atoms with Crippen LogP contribution in [0, 0.1) is 0 Å². The second-order valence-electron chi connectivity index (χ2n) is 4.89. The summed E-state index contributed by atoms with van der Waals surface area (Å²) < 4.78 is 6.01. The zero-order chi connectivity index (χ0) is 12.5. The van der Waals surface area contributed by atoms with E-state index in [4.69, 9.17) is 4.74 Å². The second-order valence-corrected chi connectivity index (χ2v) is 4.89. The van der Waals surface area contributed by atoms with Gasteiger partial charge < -0.3 is 15.0 Å². The van der Waals surface area contributed by atoms with E-state index in [2.05, 4.69) is 34.5 Å². The van der Waals surface area contributed by atoms with Crippen molar-refractivity contribution in [2.75, 3.05) is 18.0 Å². The van der Waals surface area contributed by atoms with E-state index in [1.54, 1.807) is 6.92 Å². The molecule has 0 aliphatic carbocycles. The van der Waals surface area contributed by atoms with Gasteiger partial charge in [-0.25, -0.2) is 0 Å². The van der Waals surface area contributed by atoms with E-state index in [1.807, 2.05) is 0 Å². The Morgan fingerprint density at radius 1 is 1.44 bits per heavy atom. The summed E-state index contributed by atoms with van der Waals surface area (Å²) in [7, 11) is 0. The molecule has 2 aliphatic rings. The van der Waals surface area contributed by atoms with Crippen LogP contribution in [0.25, 0.3) is 0 Å². The monoisotopic (exact) mass is 246 g/mol. The Bertz CT molecular complexity index is 461. The minimum Gasteiger partial charge on any atom is -0.355 e. The minimum absolute atomic E-state index is 0.0190. The molecule has 2 bridgehead atoms. The maximum Gasteiger partial charge on any atom is 0.216 e. The number of para-hydroxylation sites is 1. The molecular weight excluding hydrogens is 228 g/mol. The predicted molar refractivity (Wildman–Crippen MR) is 69.3 cm³/mol. The van der Waals surface area contributed by atoms with E-state index in [9.17, 15) is 4.79 Å². The Balaban J connectivity index is 1.79. The van der Waals surface area contributed by atoms with Gasteiger partial charge in [0.05, 0.1) is 6.10 Å². The van der Waals surface area contributed by atoms with Crippen LogP contribution >= 0.6 is 0 Å². The van der Waals surface area contributed by atoms with Crippen LogP contribution in [0.15, 0.2) is 24.3 Å². The van der Waals surface area contributed by atoms with Crippen LogP contribution in [-0.4, -0.2) is 25.2 Å². The number of hydrogen-bond donors (Lipinski definition) is 1. The third-order valence-corrected chi connectivity index (χ3v) is 3.66. The lowest BCUT2D eigenvalue weighted by atomic mass is 10.1. The first kappa shape index (κ1) is 11.5. The van der Waals surface area contributed by atoms with Gasteiger partial charge in [-0.05, 0) is 18.9 Å². The van der Waals surface area contributed by atoms with E-state index < -0.39 is 0 Å². The summed E-state index contributed by atoms with van der Waals surface area (Å²) >= 11 is 0. The van der Waals surface area contributed by atoms with Crippen LogP contribution in [0.5, 0.6) is 0 Å². The summed E-state index contributed by atoms with van der Waals surface area (Å²) in [6.45, 7) is 3.01. The quantitative estimate of drug-likeness (QED) is 0.884. The predicted octanol–water partition coefficient (Wildman–Crippen LogP) is 1.82. The number of amides is 1. The van der Waals surface area contributed by atoms with Crippen molar-refractivity contribution >= 4 is 11.6 Å². The smallest absolute Gasteiger partial charge is 0.216 e. The molecule has 0 spiro atoms. The Hall–Kier alpha value is -1.55. The molecule has 1 amide bonds. The fourth-order valence-corrected chi connectivity index (χ4v) is 2.87. The van der Waals surface area contributed by atoms with Gasteiger partial charge in [-0.15, -0.1) is 0 Å². The summed E-state index contributed by atoms with van der Waals surface area (Å²) in [4.78, 5) is 13.2. The van der Waals surface area contributed by atoms with Crippen molar-refractivity contribution < 1.29 is 9.53 Å². The second kappa shape index (κ2) is 4.61. The van der Waals surface area contributed by atoms with E-state index in [1.165, 1.54) is 11.3 Å². The SMILES string of the molecule is CC(=O)NCCN1c2ccccc2C2CCC1O2. The van der Waals surface area contributed by atoms with Crippen molar-refractivity contribution in [2.45, 2.75) is 32.1 Å². The van der Waals surface area contributed by atoms with Crippen molar-refractivity contribution in [2.24, 2.45) is 0 Å². The first-order chi connectivity index (χ1) is 8.75. The Morgan fingerprint density at radius 3 is 3.11 bits per heavy atom. The lowest BCUT2D eigenvalue weighted by molar-refractivity contribution is -0.118. The number of ether oxygens (including phenoxy) is 1. The molecule has 0 radical (unpaired) electrons. The molecule has 1 N–H and O–H groups in total. The number of anilines is 1. The standard InChI is InChI=1S/C14H18N2O2/c1-10(17)15-8-9-16-12-5-3-2-4-11(12)13-6-7-14(16)18-13/h2-5,13-14H,6-9H2,1H3,(H,15,17). The maximum absolute atomic E-state index is 10.9. The molecule has 1 fully saturated rings. The van der Waals surface area contributed by atoms with E-state index in [0.717, 1.165) is 19.4 Å². The van der Waals surface area contributed by atoms with Crippen molar-refractivity contribution in [1.82, 2.24) is 5.32 Å². The molecule has 1 aromatic carbocycles. The normalized spacial score (nSPS) is 24.8. The molecule has 3 rings (SSSR count). The fraction of sp³-hybridized carbons (Fsp3) is 0.500. The van der Waals surface area contributed by atoms with Crippen LogP contribution in [0.4, 0.5) is 5.69 Å². The van der Waals surface area contributed by atoms with Crippen LogP contribution < -0.4 is 10.2 Å². The molecule has 0 aromatic heterocycles. The highest BCUT2D eigenvalue weighted by Gasteiger charge is 2.37. The summed E-state index contributed by atoms with van der Waals surface area (Å²) in [6, 6.07) is 8.42. The van der Waals surface area contributed by atoms with Crippen molar-refractivity contribution in [3.8, 4) is 0 Å². The first-order valence-electron chi connectivity index (χ1n) is 6.51. The number of nitrogens with one attached hydrogen (secondary N) is 1. The van der Waals surface area contributed by atoms with Crippen LogP contribution in [0.2, 0.25) is 0 Å². The summed E-state index contributed by atoms with van der Waals surface area (Å²) in [6.07, 6.45) is 2.61. The molecule has 96 valence electrons. The summed E-state index contributed by atoms with van der Waals surface area (Å²) in [5.74, 6) is 0.0190. The van der Waals surface area contributed by atoms with Crippen LogP contribution in [0.3, 0.4) is 0 Å². The molecule has 4 nitrogen and oxygen atoms in total. The molecule has 2 atom stereocenters. The van der Waals surface area contributed by atoms with Gasteiger partial charge in [0.1, 0.15) is 6.23 Å². The Labute approximate surface area is 107 Å². The van der Waals surface area contributed by atoms with Gasteiger partial charge in [0.25, 0.3) is 0 Å². The summed E-state index contributed by atoms with van der Waals surface area (Å²) in [5.41, 5.74) is 2.55. The van der Waals surface area contributed by atoms with Gasteiger partial charge in [-0.1, -0.05) is 18.2 Å². The zero-order valence-electron chi connectivity index (χ0n) is 10.6. The van der Waals surface area contributed by atoms with Crippen molar-refractivity contribution in [1.29, 1.82) is 0 Å². The topological polar surface area (TPSA) is 41.6 Å². The average molecular weight is 246 g/mol. The summed E-state index contributed by atoms with van der Waals surface area (Å²) in [5, 5.41) is 2.85. The van der Waals surface area contributed by atoms with Crippen LogP contribution in [-0.2, 0) is 9.53 Å². The highest BCUT2D eigenvalue weighted by Crippen LogP contribution is 2.44. The number of carbonyl (C=O) groups excluding carboxylic acids is 1. The van der Waals surface area contributed by atoms with Gasteiger partial charge in [0.2, 0.25) is 5.91 Å². The van der Waals surface area contributed by atoms with Gasteiger partial charge in [-0.2, -0.15) is 0 Å². The van der Waals surface area contributed by atoms with Crippen LogP contribution in [0.1, 0.15) is 31.4 Å². The third-order valence-electron chi connectivity index (χ3n) is 3.66. The van der Waals surface area contributed by atoms with E-state index in [-0.39, 0.29) is 18.2 Å². The zero-order valence-corrected chi connectivity index (χ0v) is 10.6. The largest absolute Gasteiger partial charge is 0.355 e. The number of carbonyl (C=O) groups is 1. The van der Waals surface area contributed by atoms with Gasteiger partial charge in [-0.3, -0.25) is 4.79 Å². The minimum atomic E-state index is 0.0190. The average Bonchev–Trinajstić information content (AvgIpc) is 2.79. The fourth-order valence-electron chi connectivity index (χ4n) is 2.87. The maximum atomic E-state index is 10.9. The van der Waals surface area contributed by atoms with Crippen molar-refractivity contribution in [3.63, 3.8) is 0 Å². The molecule has 2 unspecified atom stereocenters. The van der Waals surface area contributed by atoms with Gasteiger partial charge in [0, 0.05) is 31.3 Å². The Morgan fingerprint density at radius 2 is 2.28 bits per heavy atom. The first-order valence-corrected chi connectivity index (χ1v) is 6.51. The highest BCUT2D eigenvalue weighted by molar-refractivity contribution is 5.72. The number of rotatable bonds is 3. The molecule has 4 heteroatoms. The molecular formula is C14H18N2O2.